The maximum atomic E-state index is 11.8. The van der Waals surface area contributed by atoms with Gasteiger partial charge in [-0.15, -0.1) is 11.3 Å². The maximum absolute atomic E-state index is 11.8. The summed E-state index contributed by atoms with van der Waals surface area (Å²) in [7, 11) is 0. The molecule has 1 aromatic heterocycles. The molecule has 0 aliphatic carbocycles. The van der Waals surface area contributed by atoms with E-state index in [9.17, 15) is 4.79 Å². The Kier molecular flexibility index (Phi) is 5.32. The molecule has 0 atom stereocenters. The third kappa shape index (κ3) is 4.15. The van der Waals surface area contributed by atoms with Crippen molar-refractivity contribution in [1.82, 2.24) is 10.3 Å². The topological polar surface area (TPSA) is 54.0 Å². The number of fused-ring (bicyclic) bond motifs is 1. The van der Waals surface area contributed by atoms with Crippen molar-refractivity contribution in [3.63, 3.8) is 0 Å². The molecule has 25 heavy (non-hydrogen) atoms. The molecule has 3 rings (SSSR count). The van der Waals surface area contributed by atoms with Gasteiger partial charge in [-0.1, -0.05) is 37.6 Å². The van der Waals surface area contributed by atoms with Crippen LogP contribution in [-0.4, -0.2) is 16.0 Å². The van der Waals surface area contributed by atoms with Gasteiger partial charge in [-0.3, -0.25) is 4.79 Å². The van der Waals surface area contributed by atoms with Crippen LogP contribution in [0.1, 0.15) is 13.8 Å². The molecule has 0 aliphatic heterocycles. The lowest BCUT2D eigenvalue weighted by Crippen LogP contribution is -2.36. The maximum Gasteiger partial charge on any atom is 0.228 e. The molecule has 128 valence electrons. The zero-order valence-corrected chi connectivity index (χ0v) is 16.1. The normalized spacial score (nSPS) is 10.9. The van der Waals surface area contributed by atoms with Crippen LogP contribution in [0.3, 0.4) is 0 Å². The Balaban J connectivity index is 1.93. The number of aromatic nitrogens is 1. The van der Waals surface area contributed by atoms with E-state index in [0.717, 1.165) is 26.5 Å². The van der Waals surface area contributed by atoms with E-state index in [1.54, 1.807) is 17.4 Å². The number of amides is 1. The Hall–Kier alpha value is -2.02. The van der Waals surface area contributed by atoms with Gasteiger partial charge in [0.1, 0.15) is 5.01 Å². The number of carbonyl (C=O) groups excluding carboxylic acids is 1. The summed E-state index contributed by atoms with van der Waals surface area (Å²) in [5.41, 5.74) is 2.52. The molecule has 2 N–H and O–H groups in total. The van der Waals surface area contributed by atoms with Crippen molar-refractivity contribution >= 4 is 62.1 Å². The largest absolute Gasteiger partial charge is 0.332 e. The molecular formula is C18H16ClN3OS2. The molecule has 7 heteroatoms. The predicted molar refractivity (Wildman–Crippen MR) is 109 cm³/mol. The third-order valence-corrected chi connectivity index (χ3v) is 5.02. The minimum absolute atomic E-state index is 0.131. The Morgan fingerprint density at radius 1 is 1.24 bits per heavy atom. The fourth-order valence-electron chi connectivity index (χ4n) is 2.20. The lowest BCUT2D eigenvalue weighted by molar-refractivity contribution is -0.122. The van der Waals surface area contributed by atoms with Crippen LogP contribution < -0.4 is 10.6 Å². The summed E-state index contributed by atoms with van der Waals surface area (Å²) in [6.07, 6.45) is 0. The van der Waals surface area contributed by atoms with Gasteiger partial charge in [0.05, 0.1) is 15.9 Å². The van der Waals surface area contributed by atoms with E-state index in [4.69, 9.17) is 23.8 Å². The van der Waals surface area contributed by atoms with E-state index in [1.807, 2.05) is 50.2 Å². The van der Waals surface area contributed by atoms with Crippen molar-refractivity contribution in [2.45, 2.75) is 13.8 Å². The minimum Gasteiger partial charge on any atom is -0.332 e. The number of halogens is 1. The monoisotopic (exact) mass is 389 g/mol. The Morgan fingerprint density at radius 3 is 2.72 bits per heavy atom. The van der Waals surface area contributed by atoms with E-state index in [2.05, 4.69) is 15.6 Å². The van der Waals surface area contributed by atoms with E-state index in [1.165, 1.54) is 0 Å². The standard InChI is InChI=1S/C18H16ClN3OS2/c1-10(2)16(23)22-18(24)21-13-8-7-11(19)9-12(13)17-20-14-5-3-4-6-15(14)25-17/h3-10H,1-2H3,(H2,21,22,23,24). The summed E-state index contributed by atoms with van der Waals surface area (Å²) in [4.78, 5) is 16.5. The van der Waals surface area contributed by atoms with Crippen molar-refractivity contribution in [2.24, 2.45) is 5.92 Å². The summed E-state index contributed by atoms with van der Waals surface area (Å²) >= 11 is 13.0. The highest BCUT2D eigenvalue weighted by Gasteiger charge is 2.14. The fourth-order valence-corrected chi connectivity index (χ4v) is 3.58. The van der Waals surface area contributed by atoms with Crippen LogP contribution in [0.5, 0.6) is 0 Å². The quantitative estimate of drug-likeness (QED) is 0.613. The van der Waals surface area contributed by atoms with Gasteiger partial charge >= 0.3 is 0 Å². The van der Waals surface area contributed by atoms with Gasteiger partial charge < -0.3 is 10.6 Å². The summed E-state index contributed by atoms with van der Waals surface area (Å²) in [5, 5.41) is 7.45. The van der Waals surface area contributed by atoms with Gasteiger partial charge in [-0.2, -0.15) is 0 Å². The number of anilines is 1. The highest BCUT2D eigenvalue weighted by molar-refractivity contribution is 7.80. The van der Waals surface area contributed by atoms with E-state index < -0.39 is 0 Å². The van der Waals surface area contributed by atoms with Crippen molar-refractivity contribution in [3.05, 3.63) is 47.5 Å². The van der Waals surface area contributed by atoms with Gasteiger partial charge in [-0.25, -0.2) is 4.98 Å². The predicted octanol–water partition coefficient (Wildman–Crippen LogP) is 5.09. The average molecular weight is 390 g/mol. The number of nitrogens with zero attached hydrogens (tertiary/aromatic N) is 1. The number of benzene rings is 2. The number of para-hydroxylation sites is 1. The van der Waals surface area contributed by atoms with E-state index in [0.29, 0.717) is 5.02 Å². The summed E-state index contributed by atoms with van der Waals surface area (Å²) < 4.78 is 1.10. The molecule has 1 heterocycles. The third-order valence-electron chi connectivity index (χ3n) is 3.52. The molecule has 0 aliphatic rings. The first kappa shape index (κ1) is 17.8. The van der Waals surface area contributed by atoms with Crippen molar-refractivity contribution < 1.29 is 4.79 Å². The number of thiocarbonyl (C=S) groups is 1. The molecule has 0 saturated carbocycles. The van der Waals surface area contributed by atoms with Gasteiger partial charge in [-0.05, 0) is 42.5 Å². The molecule has 0 radical (unpaired) electrons. The van der Waals surface area contributed by atoms with Gasteiger partial charge in [0.25, 0.3) is 0 Å². The van der Waals surface area contributed by atoms with Gasteiger partial charge in [0, 0.05) is 16.5 Å². The molecule has 3 aromatic rings. The Bertz CT molecular complexity index is 919. The molecule has 2 aromatic carbocycles. The highest BCUT2D eigenvalue weighted by Crippen LogP contribution is 2.36. The number of hydrogen-bond acceptors (Lipinski definition) is 4. The zero-order chi connectivity index (χ0) is 18.0. The number of hydrogen-bond donors (Lipinski definition) is 2. The second kappa shape index (κ2) is 7.47. The Morgan fingerprint density at radius 2 is 2.00 bits per heavy atom. The second-order valence-electron chi connectivity index (χ2n) is 5.77. The van der Waals surface area contributed by atoms with Crippen LogP contribution in [0, 0.1) is 5.92 Å². The lowest BCUT2D eigenvalue weighted by atomic mass is 10.2. The van der Waals surface area contributed by atoms with Crippen LogP contribution in [0.25, 0.3) is 20.8 Å². The van der Waals surface area contributed by atoms with Crippen molar-refractivity contribution in [3.8, 4) is 10.6 Å². The van der Waals surface area contributed by atoms with Crippen LogP contribution >= 0.6 is 35.2 Å². The summed E-state index contributed by atoms with van der Waals surface area (Å²) in [6, 6.07) is 13.4. The number of nitrogens with one attached hydrogen (secondary N) is 2. The van der Waals surface area contributed by atoms with E-state index >= 15 is 0 Å². The molecule has 0 spiro atoms. The number of carbonyl (C=O) groups is 1. The first-order valence-corrected chi connectivity index (χ1v) is 9.31. The Labute approximate surface area is 160 Å². The van der Waals surface area contributed by atoms with Crippen LogP contribution in [0.4, 0.5) is 5.69 Å². The molecular weight excluding hydrogens is 374 g/mol. The number of rotatable bonds is 3. The number of thiazole rings is 1. The molecule has 0 bridgehead atoms. The first-order valence-electron chi connectivity index (χ1n) is 7.71. The smallest absolute Gasteiger partial charge is 0.228 e. The molecule has 0 fully saturated rings. The molecule has 0 saturated heterocycles. The lowest BCUT2D eigenvalue weighted by Gasteiger charge is -2.13. The zero-order valence-electron chi connectivity index (χ0n) is 13.7. The van der Waals surface area contributed by atoms with E-state index in [-0.39, 0.29) is 16.9 Å². The van der Waals surface area contributed by atoms with Gasteiger partial charge in [0.2, 0.25) is 5.91 Å². The summed E-state index contributed by atoms with van der Waals surface area (Å²) in [6.45, 7) is 3.62. The van der Waals surface area contributed by atoms with Crippen LogP contribution in [0.15, 0.2) is 42.5 Å². The SMILES string of the molecule is CC(C)C(=O)NC(=S)Nc1ccc(Cl)cc1-c1nc2ccccc2s1. The average Bonchev–Trinajstić information content (AvgIpc) is 3.00. The fraction of sp³-hybridized carbons (Fsp3) is 0.167. The van der Waals surface area contributed by atoms with Crippen LogP contribution in [-0.2, 0) is 4.79 Å². The van der Waals surface area contributed by atoms with Gasteiger partial charge in [0.15, 0.2) is 5.11 Å². The molecule has 4 nitrogen and oxygen atoms in total. The second-order valence-corrected chi connectivity index (χ2v) is 7.65. The highest BCUT2D eigenvalue weighted by atomic mass is 35.5. The molecule has 1 amide bonds. The first-order chi connectivity index (χ1) is 11.9. The molecule has 0 unspecified atom stereocenters. The summed E-state index contributed by atoms with van der Waals surface area (Å²) in [5.74, 6) is -0.276. The van der Waals surface area contributed by atoms with Crippen molar-refractivity contribution in [2.75, 3.05) is 5.32 Å². The van der Waals surface area contributed by atoms with Crippen molar-refractivity contribution in [1.29, 1.82) is 0 Å². The van der Waals surface area contributed by atoms with Crippen LogP contribution in [0.2, 0.25) is 5.02 Å². The minimum atomic E-state index is -0.145.